The van der Waals surface area contributed by atoms with Gasteiger partial charge in [0.25, 0.3) is 0 Å². The molecule has 9 nitrogen and oxygen atoms in total. The van der Waals surface area contributed by atoms with Crippen molar-refractivity contribution in [1.29, 1.82) is 0 Å². The zero-order chi connectivity index (χ0) is 42.6. The summed E-state index contributed by atoms with van der Waals surface area (Å²) in [5.41, 5.74) is 0. The van der Waals surface area contributed by atoms with E-state index in [2.05, 4.69) is 85.2 Å². The summed E-state index contributed by atoms with van der Waals surface area (Å²) in [6.07, 6.45) is 52.6. The molecule has 0 aliphatic heterocycles. The van der Waals surface area contributed by atoms with E-state index in [1.807, 2.05) is 0 Å². The zero-order valence-electron chi connectivity index (χ0n) is 36.8. The van der Waals surface area contributed by atoms with Crippen LogP contribution in [0.5, 0.6) is 0 Å². The van der Waals surface area contributed by atoms with Crippen LogP contribution in [-0.4, -0.2) is 59.3 Å². The van der Waals surface area contributed by atoms with Crippen LogP contribution in [0.1, 0.15) is 200 Å². The van der Waals surface area contributed by atoms with Crippen molar-refractivity contribution in [3.05, 3.63) is 60.8 Å². The zero-order valence-corrected chi connectivity index (χ0v) is 36.8. The Morgan fingerprint density at radius 2 is 0.983 bits per heavy atom. The number of carboxylic acids is 1. The Hall–Kier alpha value is -3.46. The summed E-state index contributed by atoms with van der Waals surface area (Å²) in [6, 6.07) is -1.38. The number of ether oxygens (including phenoxy) is 1. The lowest BCUT2D eigenvalue weighted by atomic mass is 10.0. The summed E-state index contributed by atoms with van der Waals surface area (Å²) >= 11 is 0. The fourth-order valence-electron chi connectivity index (χ4n) is 6.51. The first-order valence-corrected chi connectivity index (χ1v) is 23.2. The van der Waals surface area contributed by atoms with Crippen LogP contribution in [0.2, 0.25) is 0 Å². The Balaban J connectivity index is 4.12. The van der Waals surface area contributed by atoms with Gasteiger partial charge in [-0.25, -0.2) is 4.79 Å². The molecule has 0 aromatic heterocycles. The number of nitrogens with one attached hydrogen (secondary N) is 2. The second kappa shape index (κ2) is 43.1. The second-order valence-corrected chi connectivity index (χ2v) is 15.5. The van der Waals surface area contributed by atoms with E-state index in [0.29, 0.717) is 19.3 Å². The second-order valence-electron chi connectivity index (χ2n) is 15.5. The summed E-state index contributed by atoms with van der Waals surface area (Å²) in [4.78, 5) is 47.5. The van der Waals surface area contributed by atoms with Gasteiger partial charge < -0.3 is 25.6 Å². The number of aliphatic hydroxyl groups is 1. The topological polar surface area (TPSA) is 142 Å². The maximum Gasteiger partial charge on any atom is 0.328 e. The maximum absolute atomic E-state index is 12.8. The van der Waals surface area contributed by atoms with Crippen LogP contribution in [0.3, 0.4) is 0 Å². The van der Waals surface area contributed by atoms with Crippen molar-refractivity contribution in [3.8, 4) is 0 Å². The summed E-state index contributed by atoms with van der Waals surface area (Å²) in [6.45, 7) is 3.35. The Labute approximate surface area is 353 Å². The van der Waals surface area contributed by atoms with Crippen LogP contribution in [0.25, 0.3) is 0 Å². The smallest absolute Gasteiger partial charge is 0.328 e. The van der Waals surface area contributed by atoms with E-state index < -0.39 is 24.5 Å². The predicted octanol–water partition coefficient (Wildman–Crippen LogP) is 11.7. The van der Waals surface area contributed by atoms with Crippen LogP contribution in [0.4, 0.5) is 0 Å². The number of hydrogen-bond acceptors (Lipinski definition) is 6. The van der Waals surface area contributed by atoms with E-state index in [9.17, 15) is 19.2 Å². The molecule has 0 saturated heterocycles. The van der Waals surface area contributed by atoms with Gasteiger partial charge in [-0.05, 0) is 83.5 Å². The number of aliphatic hydroxyl groups excluding tert-OH is 1. The van der Waals surface area contributed by atoms with Crippen LogP contribution in [-0.2, 0) is 23.9 Å². The number of carbonyl (C=O) groups is 4. The van der Waals surface area contributed by atoms with E-state index >= 15 is 0 Å². The third-order valence-corrected chi connectivity index (χ3v) is 10.0. The minimum Gasteiger partial charge on any atom is -0.480 e. The summed E-state index contributed by atoms with van der Waals surface area (Å²) < 4.78 is 6.01. The molecule has 4 N–H and O–H groups in total. The van der Waals surface area contributed by atoms with E-state index in [1.165, 1.54) is 70.6 Å². The average Bonchev–Trinajstić information content (AvgIpc) is 3.21. The number of aliphatic carboxylic acids is 1. The third kappa shape index (κ3) is 39.4. The van der Waals surface area contributed by atoms with Crippen molar-refractivity contribution in [2.45, 2.75) is 212 Å². The van der Waals surface area contributed by atoms with Crippen molar-refractivity contribution in [2.24, 2.45) is 0 Å². The molecular formula is C49H84N2O7. The molecule has 0 bridgehead atoms. The standard InChI is InChI=1S/C49H84N2O7/c1-3-5-7-9-11-12-13-14-15-16-17-18-19-20-21-22-23-24-25-26-28-33-37-41-48(55)58-44(38-34-30-27-10-8-6-4-2)39-35-31-29-32-36-40-46(53)50-42-47(54)51-45(43-52)49(56)57/h5,7,11-12,14-15,17-18,20-21,44-45,52H,3-4,6,8-10,13,16,19,22-43H2,1-2H3,(H,50,53)(H,51,54)(H,56,57)/b7-5-,12-11-,15-14-,18-17-,21-20-. The highest BCUT2D eigenvalue weighted by atomic mass is 16.5. The monoisotopic (exact) mass is 813 g/mol. The average molecular weight is 813 g/mol. The van der Waals surface area contributed by atoms with Crippen molar-refractivity contribution in [3.63, 3.8) is 0 Å². The van der Waals surface area contributed by atoms with E-state index in [-0.39, 0.29) is 24.5 Å². The van der Waals surface area contributed by atoms with Gasteiger partial charge in [0.05, 0.1) is 13.2 Å². The molecule has 0 aromatic carbocycles. The van der Waals surface area contributed by atoms with E-state index in [4.69, 9.17) is 14.9 Å². The number of rotatable bonds is 41. The molecule has 0 radical (unpaired) electrons. The molecule has 58 heavy (non-hydrogen) atoms. The van der Waals surface area contributed by atoms with E-state index in [1.54, 1.807) is 0 Å². The minimum atomic E-state index is -1.38. The highest BCUT2D eigenvalue weighted by Crippen LogP contribution is 2.19. The van der Waals surface area contributed by atoms with Crippen molar-refractivity contribution in [2.75, 3.05) is 13.2 Å². The van der Waals surface area contributed by atoms with Gasteiger partial charge in [-0.3, -0.25) is 14.4 Å². The first-order valence-electron chi connectivity index (χ1n) is 23.2. The molecular weight excluding hydrogens is 729 g/mol. The quantitative estimate of drug-likeness (QED) is 0.0273. The first kappa shape index (κ1) is 54.5. The summed E-state index contributed by atoms with van der Waals surface area (Å²) in [5.74, 6) is -2.31. The molecule has 0 aliphatic carbocycles. The molecule has 0 aromatic rings. The Kier molecular flexibility index (Phi) is 40.6. The van der Waals surface area contributed by atoms with Gasteiger partial charge in [0.2, 0.25) is 11.8 Å². The number of unbranched alkanes of at least 4 members (excludes halogenated alkanes) is 17. The van der Waals surface area contributed by atoms with Crippen molar-refractivity contribution in [1.82, 2.24) is 10.6 Å². The number of hydrogen-bond donors (Lipinski definition) is 4. The van der Waals surface area contributed by atoms with Crippen LogP contribution < -0.4 is 10.6 Å². The largest absolute Gasteiger partial charge is 0.480 e. The minimum absolute atomic E-state index is 0.0189. The van der Waals surface area contributed by atoms with Crippen molar-refractivity contribution < 1.29 is 34.1 Å². The molecule has 0 aliphatic rings. The van der Waals surface area contributed by atoms with Crippen LogP contribution in [0, 0.1) is 0 Å². The van der Waals surface area contributed by atoms with Crippen molar-refractivity contribution >= 4 is 23.8 Å². The Morgan fingerprint density at radius 3 is 1.48 bits per heavy atom. The Morgan fingerprint density at radius 1 is 0.534 bits per heavy atom. The lowest BCUT2D eigenvalue weighted by Crippen LogP contribution is -2.47. The van der Waals surface area contributed by atoms with E-state index in [0.717, 1.165) is 96.3 Å². The number of carbonyl (C=O) groups excluding carboxylic acids is 3. The fraction of sp³-hybridized carbons (Fsp3) is 0.714. The SMILES string of the molecule is CC/C=C\C/C=C\C/C=C\C/C=C\C/C=C\CCCCCCCCCC(=O)OC(CCCCCCCCC)CCCCCCCC(=O)NCC(=O)NC(CO)C(=O)O. The normalized spacial score (nSPS) is 13.0. The van der Waals surface area contributed by atoms with Gasteiger partial charge >= 0.3 is 11.9 Å². The van der Waals surface area contributed by atoms with Gasteiger partial charge in [-0.2, -0.15) is 0 Å². The molecule has 2 atom stereocenters. The number of esters is 1. The molecule has 2 unspecified atom stereocenters. The fourth-order valence-corrected chi connectivity index (χ4v) is 6.51. The molecule has 332 valence electrons. The Bertz CT molecular complexity index is 1160. The molecule has 0 rings (SSSR count). The van der Waals surface area contributed by atoms with Gasteiger partial charge in [0.1, 0.15) is 12.1 Å². The molecule has 0 spiro atoms. The number of allylic oxidation sites excluding steroid dienone is 10. The lowest BCUT2D eigenvalue weighted by molar-refractivity contribution is -0.150. The van der Waals surface area contributed by atoms with Gasteiger partial charge in [0.15, 0.2) is 0 Å². The van der Waals surface area contributed by atoms with Gasteiger partial charge in [0, 0.05) is 12.8 Å². The van der Waals surface area contributed by atoms with Gasteiger partial charge in [-0.15, -0.1) is 0 Å². The predicted molar refractivity (Wildman–Crippen MR) is 240 cm³/mol. The first-order chi connectivity index (χ1) is 28.3. The van der Waals surface area contributed by atoms with Gasteiger partial charge in [-0.1, -0.05) is 164 Å². The third-order valence-electron chi connectivity index (χ3n) is 10.0. The summed E-state index contributed by atoms with van der Waals surface area (Å²) in [5, 5.41) is 22.5. The molecule has 2 amide bonds. The lowest BCUT2D eigenvalue weighted by Gasteiger charge is -2.18. The van der Waals surface area contributed by atoms with Crippen LogP contribution >= 0.6 is 0 Å². The summed E-state index contributed by atoms with van der Waals surface area (Å²) in [7, 11) is 0. The highest BCUT2D eigenvalue weighted by molar-refractivity contribution is 5.87. The number of carboxylic acid groups (broad SMARTS) is 1. The number of amides is 2. The van der Waals surface area contributed by atoms with Crippen LogP contribution in [0.15, 0.2) is 60.8 Å². The molecule has 0 fully saturated rings. The molecule has 9 heteroatoms. The molecule has 0 saturated carbocycles. The molecule has 0 heterocycles. The maximum atomic E-state index is 12.8. The highest BCUT2D eigenvalue weighted by Gasteiger charge is 2.19.